The first-order valence-electron chi connectivity index (χ1n) is 6.89. The number of aliphatic hydroxyl groups excluding tert-OH is 1. The second kappa shape index (κ2) is 5.95. The standard InChI is InChI=1S/C13H22O7/c1-4-5-6-17-9-8(7(14)11(15)16)18-12-10(9)19-13(2,3)20-12/h7-10,12,14H,4-6H2,1-3H3,(H,15,16). The van der Waals surface area contributed by atoms with Crippen molar-refractivity contribution in [3.8, 4) is 0 Å². The Labute approximate surface area is 117 Å². The number of ether oxygens (including phenoxy) is 4. The third kappa shape index (κ3) is 3.12. The van der Waals surface area contributed by atoms with E-state index in [1.54, 1.807) is 13.8 Å². The second-order valence-electron chi connectivity index (χ2n) is 5.54. The molecule has 5 atom stereocenters. The van der Waals surface area contributed by atoms with Gasteiger partial charge in [-0.05, 0) is 20.3 Å². The highest BCUT2D eigenvalue weighted by Crippen LogP contribution is 2.39. The van der Waals surface area contributed by atoms with Gasteiger partial charge in [0, 0.05) is 6.61 Å². The van der Waals surface area contributed by atoms with E-state index in [1.165, 1.54) is 0 Å². The van der Waals surface area contributed by atoms with Crippen LogP contribution in [0.2, 0.25) is 0 Å². The van der Waals surface area contributed by atoms with Gasteiger partial charge in [-0.15, -0.1) is 0 Å². The number of aliphatic hydroxyl groups is 1. The Kier molecular flexibility index (Phi) is 4.66. The molecule has 2 aliphatic rings. The van der Waals surface area contributed by atoms with E-state index in [4.69, 9.17) is 24.1 Å². The van der Waals surface area contributed by atoms with Crippen LogP contribution in [0.3, 0.4) is 0 Å². The van der Waals surface area contributed by atoms with Gasteiger partial charge in [-0.1, -0.05) is 13.3 Å². The van der Waals surface area contributed by atoms with Gasteiger partial charge in [-0.2, -0.15) is 0 Å². The number of carboxylic acid groups (broad SMARTS) is 1. The molecule has 116 valence electrons. The van der Waals surface area contributed by atoms with E-state index >= 15 is 0 Å². The van der Waals surface area contributed by atoms with Crippen molar-refractivity contribution in [2.75, 3.05) is 6.61 Å². The summed E-state index contributed by atoms with van der Waals surface area (Å²) in [5.41, 5.74) is 0. The molecule has 0 aromatic rings. The van der Waals surface area contributed by atoms with Crippen molar-refractivity contribution in [1.29, 1.82) is 0 Å². The Morgan fingerprint density at radius 2 is 2.10 bits per heavy atom. The number of hydrogen-bond donors (Lipinski definition) is 2. The number of carbonyl (C=O) groups is 1. The van der Waals surface area contributed by atoms with E-state index in [1.807, 2.05) is 6.92 Å². The van der Waals surface area contributed by atoms with E-state index in [2.05, 4.69) is 0 Å². The number of unbranched alkanes of at least 4 members (excludes halogenated alkanes) is 1. The van der Waals surface area contributed by atoms with Gasteiger partial charge < -0.3 is 29.2 Å². The summed E-state index contributed by atoms with van der Waals surface area (Å²) in [7, 11) is 0. The molecule has 0 bridgehead atoms. The molecule has 0 saturated carbocycles. The molecule has 2 rings (SSSR count). The van der Waals surface area contributed by atoms with Crippen LogP contribution in [0, 0.1) is 0 Å². The van der Waals surface area contributed by atoms with Gasteiger partial charge in [0.05, 0.1) is 0 Å². The van der Waals surface area contributed by atoms with Crippen molar-refractivity contribution in [2.45, 2.75) is 70.1 Å². The predicted molar refractivity (Wildman–Crippen MR) is 67.0 cm³/mol. The Morgan fingerprint density at radius 1 is 1.40 bits per heavy atom. The Hall–Kier alpha value is -0.730. The summed E-state index contributed by atoms with van der Waals surface area (Å²) < 4.78 is 22.4. The van der Waals surface area contributed by atoms with Crippen molar-refractivity contribution in [3.05, 3.63) is 0 Å². The van der Waals surface area contributed by atoms with Crippen LogP contribution in [0.5, 0.6) is 0 Å². The van der Waals surface area contributed by atoms with E-state index in [-0.39, 0.29) is 0 Å². The molecular weight excluding hydrogens is 268 g/mol. The van der Waals surface area contributed by atoms with Crippen LogP contribution >= 0.6 is 0 Å². The molecule has 2 N–H and O–H groups in total. The van der Waals surface area contributed by atoms with Gasteiger partial charge in [0.2, 0.25) is 0 Å². The largest absolute Gasteiger partial charge is 0.479 e. The summed E-state index contributed by atoms with van der Waals surface area (Å²) in [4.78, 5) is 10.9. The molecule has 7 nitrogen and oxygen atoms in total. The molecule has 5 unspecified atom stereocenters. The highest BCUT2D eigenvalue weighted by atomic mass is 16.8. The van der Waals surface area contributed by atoms with Crippen molar-refractivity contribution >= 4 is 5.97 Å². The predicted octanol–water partition coefficient (Wildman–Crippen LogP) is 0.494. The fraction of sp³-hybridized carbons (Fsp3) is 0.923. The van der Waals surface area contributed by atoms with Crippen LogP contribution < -0.4 is 0 Å². The zero-order valence-electron chi connectivity index (χ0n) is 11.9. The molecule has 2 saturated heterocycles. The van der Waals surface area contributed by atoms with Gasteiger partial charge in [0.15, 0.2) is 18.2 Å². The topological polar surface area (TPSA) is 94.5 Å². The Morgan fingerprint density at radius 3 is 2.70 bits per heavy atom. The minimum absolute atomic E-state index is 0.459. The maximum absolute atomic E-state index is 10.9. The number of hydrogen-bond acceptors (Lipinski definition) is 6. The first-order valence-corrected chi connectivity index (χ1v) is 6.89. The van der Waals surface area contributed by atoms with E-state index in [0.29, 0.717) is 6.61 Å². The van der Waals surface area contributed by atoms with Crippen LogP contribution in [0.25, 0.3) is 0 Å². The molecule has 0 radical (unpaired) electrons. The van der Waals surface area contributed by atoms with E-state index in [0.717, 1.165) is 12.8 Å². The quantitative estimate of drug-likeness (QED) is 0.688. The van der Waals surface area contributed by atoms with E-state index < -0.39 is 42.5 Å². The molecule has 2 fully saturated rings. The second-order valence-corrected chi connectivity index (χ2v) is 5.54. The molecule has 0 amide bonds. The van der Waals surface area contributed by atoms with Crippen molar-refractivity contribution < 1.29 is 34.0 Å². The third-order valence-electron chi connectivity index (χ3n) is 3.40. The third-order valence-corrected chi connectivity index (χ3v) is 3.40. The molecule has 20 heavy (non-hydrogen) atoms. The van der Waals surface area contributed by atoms with Crippen LogP contribution in [0.1, 0.15) is 33.6 Å². The lowest BCUT2D eigenvalue weighted by molar-refractivity contribution is -0.230. The Bertz CT molecular complexity index is 357. The molecule has 7 heteroatoms. The normalized spacial score (nSPS) is 36.8. The first-order chi connectivity index (χ1) is 9.35. The number of rotatable bonds is 6. The first kappa shape index (κ1) is 15.7. The average molecular weight is 290 g/mol. The fourth-order valence-corrected chi connectivity index (χ4v) is 2.45. The summed E-state index contributed by atoms with van der Waals surface area (Å²) in [5.74, 6) is -2.15. The summed E-state index contributed by atoms with van der Waals surface area (Å²) in [5, 5.41) is 18.7. The Balaban J connectivity index is 2.08. The zero-order chi connectivity index (χ0) is 14.9. The lowest BCUT2D eigenvalue weighted by Gasteiger charge is -2.27. The van der Waals surface area contributed by atoms with Gasteiger partial charge in [0.1, 0.15) is 18.3 Å². The zero-order valence-corrected chi connectivity index (χ0v) is 11.9. The van der Waals surface area contributed by atoms with Crippen molar-refractivity contribution in [3.63, 3.8) is 0 Å². The number of aliphatic carboxylic acids is 1. The van der Waals surface area contributed by atoms with Gasteiger partial charge in [-0.3, -0.25) is 0 Å². The summed E-state index contributed by atoms with van der Waals surface area (Å²) in [6.45, 7) is 5.99. The summed E-state index contributed by atoms with van der Waals surface area (Å²) >= 11 is 0. The molecule has 0 spiro atoms. The fourth-order valence-electron chi connectivity index (χ4n) is 2.45. The highest BCUT2D eigenvalue weighted by molar-refractivity contribution is 5.73. The minimum atomic E-state index is -1.66. The van der Waals surface area contributed by atoms with Crippen molar-refractivity contribution in [1.82, 2.24) is 0 Å². The van der Waals surface area contributed by atoms with Crippen LogP contribution in [-0.4, -0.2) is 59.3 Å². The molecule has 2 aliphatic heterocycles. The van der Waals surface area contributed by atoms with Gasteiger partial charge in [0.25, 0.3) is 0 Å². The van der Waals surface area contributed by atoms with Gasteiger partial charge in [-0.25, -0.2) is 4.79 Å². The molecule has 0 aromatic heterocycles. The molecule has 2 heterocycles. The smallest absolute Gasteiger partial charge is 0.335 e. The molecule has 0 aliphatic carbocycles. The molecule has 0 aromatic carbocycles. The molecular formula is C13H22O7. The van der Waals surface area contributed by atoms with Crippen LogP contribution in [0.15, 0.2) is 0 Å². The van der Waals surface area contributed by atoms with Crippen LogP contribution in [-0.2, 0) is 23.7 Å². The highest BCUT2D eigenvalue weighted by Gasteiger charge is 2.58. The summed E-state index contributed by atoms with van der Waals surface area (Å²) in [6, 6.07) is 0. The van der Waals surface area contributed by atoms with Gasteiger partial charge >= 0.3 is 5.97 Å². The van der Waals surface area contributed by atoms with Crippen molar-refractivity contribution in [2.24, 2.45) is 0 Å². The lowest BCUT2D eigenvalue weighted by atomic mass is 10.1. The SMILES string of the molecule is CCCCOC1C2OC(C)(C)OC2OC1C(O)C(=O)O. The summed E-state index contributed by atoms with van der Waals surface area (Å²) in [6.07, 6.45) is -2.75. The minimum Gasteiger partial charge on any atom is -0.479 e. The maximum atomic E-state index is 10.9. The lowest BCUT2D eigenvalue weighted by Crippen LogP contribution is -2.45. The number of carboxylic acids is 1. The van der Waals surface area contributed by atoms with Crippen LogP contribution in [0.4, 0.5) is 0 Å². The van der Waals surface area contributed by atoms with E-state index in [9.17, 15) is 9.90 Å². The average Bonchev–Trinajstić information content (AvgIpc) is 2.81. The monoisotopic (exact) mass is 290 g/mol. The number of fused-ring (bicyclic) bond motifs is 1. The maximum Gasteiger partial charge on any atom is 0.335 e.